The van der Waals surface area contributed by atoms with E-state index in [2.05, 4.69) is 16.4 Å². The van der Waals surface area contributed by atoms with Crippen LogP contribution in [-0.4, -0.2) is 48.2 Å². The molecule has 1 aromatic carbocycles. The summed E-state index contributed by atoms with van der Waals surface area (Å²) in [7, 11) is 3.93. The van der Waals surface area contributed by atoms with Gasteiger partial charge >= 0.3 is 11.8 Å². The van der Waals surface area contributed by atoms with E-state index < -0.39 is 17.7 Å². The van der Waals surface area contributed by atoms with E-state index in [-0.39, 0.29) is 17.3 Å². The molecule has 2 aromatic rings. The Kier molecular flexibility index (Phi) is 6.11. The first-order valence-corrected chi connectivity index (χ1v) is 9.51. The average molecular weight is 395 g/mol. The minimum atomic E-state index is -0.760. The van der Waals surface area contributed by atoms with Gasteiger partial charge in [-0.1, -0.05) is 12.1 Å². The van der Waals surface area contributed by atoms with E-state index in [1.54, 1.807) is 4.90 Å². The standard InChI is InChI=1S/C21H25N5O3/c1-25(2)17-7-5-6-14(11-17)18-8-3-4-9-26(18)21(29)20(28)24-16-10-15(19(22)27)12-23-13-16/h5-7,10-13,18H,3-4,8-9H2,1-2H3,(H2,22,27)(H,24,28)/t18-/m0/s1. The monoisotopic (exact) mass is 395 g/mol. The van der Waals surface area contributed by atoms with E-state index in [0.717, 1.165) is 30.5 Å². The highest BCUT2D eigenvalue weighted by Gasteiger charge is 2.32. The maximum atomic E-state index is 12.9. The minimum absolute atomic E-state index is 0.156. The fourth-order valence-corrected chi connectivity index (χ4v) is 3.49. The molecule has 1 aromatic heterocycles. The van der Waals surface area contributed by atoms with E-state index in [1.165, 1.54) is 18.5 Å². The van der Waals surface area contributed by atoms with Gasteiger partial charge in [-0.05, 0) is 43.0 Å². The summed E-state index contributed by atoms with van der Waals surface area (Å²) >= 11 is 0. The molecule has 0 unspecified atom stereocenters. The van der Waals surface area contributed by atoms with Gasteiger partial charge in [-0.15, -0.1) is 0 Å². The van der Waals surface area contributed by atoms with Crippen molar-refractivity contribution in [3.05, 3.63) is 53.9 Å². The Labute approximate surface area is 169 Å². The molecule has 0 spiro atoms. The Morgan fingerprint density at radius 3 is 2.69 bits per heavy atom. The molecular weight excluding hydrogens is 370 g/mol. The number of nitrogens with zero attached hydrogens (tertiary/aromatic N) is 3. The second-order valence-corrected chi connectivity index (χ2v) is 7.28. The molecule has 1 aliphatic rings. The van der Waals surface area contributed by atoms with Gasteiger partial charge in [0.25, 0.3) is 0 Å². The van der Waals surface area contributed by atoms with Crippen molar-refractivity contribution in [1.82, 2.24) is 9.88 Å². The van der Waals surface area contributed by atoms with E-state index in [1.807, 2.05) is 37.2 Å². The number of benzene rings is 1. The summed E-state index contributed by atoms with van der Waals surface area (Å²) in [4.78, 5) is 44.3. The molecule has 1 atom stereocenters. The van der Waals surface area contributed by atoms with Crippen molar-refractivity contribution < 1.29 is 14.4 Å². The molecule has 2 heterocycles. The smallest absolute Gasteiger partial charge is 0.313 e. The predicted molar refractivity (Wildman–Crippen MR) is 110 cm³/mol. The number of carbonyl (C=O) groups is 3. The molecule has 0 aliphatic carbocycles. The van der Waals surface area contributed by atoms with Crippen molar-refractivity contribution in [2.45, 2.75) is 25.3 Å². The van der Waals surface area contributed by atoms with Gasteiger partial charge in [0.2, 0.25) is 5.91 Å². The van der Waals surface area contributed by atoms with Crippen LogP contribution in [0.15, 0.2) is 42.7 Å². The number of carbonyl (C=O) groups excluding carboxylic acids is 3. The van der Waals surface area contributed by atoms with Gasteiger partial charge in [-0.25, -0.2) is 0 Å². The molecule has 8 nitrogen and oxygen atoms in total. The second kappa shape index (κ2) is 8.72. The third-order valence-electron chi connectivity index (χ3n) is 5.01. The van der Waals surface area contributed by atoms with Gasteiger partial charge in [-0.2, -0.15) is 0 Å². The van der Waals surface area contributed by atoms with Crippen molar-refractivity contribution in [2.75, 3.05) is 30.9 Å². The lowest BCUT2D eigenvalue weighted by Gasteiger charge is -2.36. The van der Waals surface area contributed by atoms with E-state index in [4.69, 9.17) is 5.73 Å². The number of rotatable bonds is 4. The van der Waals surface area contributed by atoms with Crippen LogP contribution in [-0.2, 0) is 9.59 Å². The third kappa shape index (κ3) is 4.71. The van der Waals surface area contributed by atoms with Crippen LogP contribution in [0.4, 0.5) is 11.4 Å². The topological polar surface area (TPSA) is 109 Å². The van der Waals surface area contributed by atoms with Gasteiger partial charge in [0, 0.05) is 32.5 Å². The van der Waals surface area contributed by atoms with Crippen molar-refractivity contribution in [3.8, 4) is 0 Å². The quantitative estimate of drug-likeness (QED) is 0.769. The Morgan fingerprint density at radius 2 is 1.97 bits per heavy atom. The molecule has 0 radical (unpaired) electrons. The number of amides is 3. The fourth-order valence-electron chi connectivity index (χ4n) is 3.49. The molecule has 3 amide bonds. The van der Waals surface area contributed by atoms with Gasteiger partial charge in [0.15, 0.2) is 0 Å². The lowest BCUT2D eigenvalue weighted by molar-refractivity contribution is -0.145. The van der Waals surface area contributed by atoms with Crippen molar-refractivity contribution in [2.24, 2.45) is 5.73 Å². The predicted octanol–water partition coefficient (Wildman–Crippen LogP) is 1.94. The summed E-state index contributed by atoms with van der Waals surface area (Å²) in [5.41, 5.74) is 7.70. The number of anilines is 2. The third-order valence-corrected chi connectivity index (χ3v) is 5.01. The number of hydrogen-bond acceptors (Lipinski definition) is 5. The van der Waals surface area contributed by atoms with Crippen LogP contribution in [0.5, 0.6) is 0 Å². The SMILES string of the molecule is CN(C)c1cccc([C@@H]2CCCCN2C(=O)C(=O)Nc2cncc(C(N)=O)c2)c1. The van der Waals surface area contributed by atoms with Gasteiger partial charge < -0.3 is 20.9 Å². The maximum Gasteiger partial charge on any atom is 0.313 e. The number of piperidine rings is 1. The molecule has 1 saturated heterocycles. The summed E-state index contributed by atoms with van der Waals surface area (Å²) in [6, 6.07) is 9.24. The number of pyridine rings is 1. The Balaban J connectivity index is 1.78. The maximum absolute atomic E-state index is 12.9. The first-order chi connectivity index (χ1) is 13.9. The van der Waals surface area contributed by atoms with Crippen molar-refractivity contribution in [1.29, 1.82) is 0 Å². The van der Waals surface area contributed by atoms with Crippen LogP contribution in [0.2, 0.25) is 0 Å². The summed E-state index contributed by atoms with van der Waals surface area (Å²) in [5, 5.41) is 2.53. The fraction of sp³-hybridized carbons (Fsp3) is 0.333. The van der Waals surface area contributed by atoms with Crippen LogP contribution in [0.1, 0.15) is 41.2 Å². The number of primary amides is 1. The summed E-state index contributed by atoms with van der Waals surface area (Å²) < 4.78 is 0. The van der Waals surface area contributed by atoms with Gasteiger partial charge in [0.05, 0.1) is 23.5 Å². The highest BCUT2D eigenvalue weighted by Crippen LogP contribution is 2.32. The lowest BCUT2D eigenvalue weighted by Crippen LogP contribution is -2.44. The summed E-state index contributed by atoms with van der Waals surface area (Å²) in [6.07, 6.45) is 5.31. The highest BCUT2D eigenvalue weighted by atomic mass is 16.2. The number of aromatic nitrogens is 1. The van der Waals surface area contributed by atoms with E-state index >= 15 is 0 Å². The Morgan fingerprint density at radius 1 is 1.17 bits per heavy atom. The molecule has 1 fully saturated rings. The van der Waals surface area contributed by atoms with Crippen LogP contribution in [0.25, 0.3) is 0 Å². The number of likely N-dealkylation sites (tertiary alicyclic amines) is 1. The normalized spacial score (nSPS) is 16.2. The number of nitrogens with two attached hydrogens (primary N) is 1. The van der Waals surface area contributed by atoms with Crippen molar-refractivity contribution in [3.63, 3.8) is 0 Å². The largest absolute Gasteiger partial charge is 0.378 e. The van der Waals surface area contributed by atoms with Crippen LogP contribution < -0.4 is 16.0 Å². The van der Waals surface area contributed by atoms with Crippen LogP contribution in [0, 0.1) is 0 Å². The van der Waals surface area contributed by atoms with Gasteiger partial charge in [0.1, 0.15) is 0 Å². The zero-order valence-corrected chi connectivity index (χ0v) is 16.6. The molecule has 8 heteroatoms. The molecule has 3 N–H and O–H groups in total. The molecule has 29 heavy (non-hydrogen) atoms. The average Bonchev–Trinajstić information content (AvgIpc) is 2.73. The molecule has 1 aliphatic heterocycles. The first kappa shape index (κ1) is 20.3. The Bertz CT molecular complexity index is 928. The first-order valence-electron chi connectivity index (χ1n) is 9.51. The highest BCUT2D eigenvalue weighted by molar-refractivity contribution is 6.39. The number of nitrogens with one attached hydrogen (secondary N) is 1. The molecular formula is C21H25N5O3. The lowest BCUT2D eigenvalue weighted by atomic mass is 9.94. The molecule has 3 rings (SSSR count). The van der Waals surface area contributed by atoms with Crippen LogP contribution >= 0.6 is 0 Å². The van der Waals surface area contributed by atoms with Gasteiger partial charge in [-0.3, -0.25) is 19.4 Å². The number of hydrogen-bond donors (Lipinski definition) is 2. The van der Waals surface area contributed by atoms with Crippen molar-refractivity contribution >= 4 is 29.1 Å². The molecule has 0 saturated carbocycles. The van der Waals surface area contributed by atoms with Crippen LogP contribution in [0.3, 0.4) is 0 Å². The summed E-state index contributed by atoms with van der Waals surface area (Å²) in [5.74, 6) is -2.02. The summed E-state index contributed by atoms with van der Waals surface area (Å²) in [6.45, 7) is 0.517. The van der Waals surface area contributed by atoms with E-state index in [0.29, 0.717) is 6.54 Å². The zero-order valence-electron chi connectivity index (χ0n) is 16.6. The Hall–Kier alpha value is -3.42. The minimum Gasteiger partial charge on any atom is -0.378 e. The zero-order chi connectivity index (χ0) is 21.0. The molecule has 152 valence electrons. The second-order valence-electron chi connectivity index (χ2n) is 7.28. The molecule has 0 bridgehead atoms. The van der Waals surface area contributed by atoms with E-state index in [9.17, 15) is 14.4 Å².